The fraction of sp³-hybridized carbons (Fsp3) is 0.478. The summed E-state index contributed by atoms with van der Waals surface area (Å²) in [5.41, 5.74) is 6.68. The smallest absolute Gasteiger partial charge is 0.202 e. The molecule has 6 heteroatoms. The highest BCUT2D eigenvalue weighted by Gasteiger charge is 2.35. The molecule has 152 valence electrons. The average molecular weight is 392 g/mol. The van der Waals surface area contributed by atoms with Crippen molar-refractivity contribution in [1.82, 2.24) is 24.1 Å². The molecular formula is C23H31N6+. The van der Waals surface area contributed by atoms with E-state index in [1.165, 1.54) is 11.1 Å². The lowest BCUT2D eigenvalue weighted by Gasteiger charge is -2.16. The van der Waals surface area contributed by atoms with Gasteiger partial charge in [-0.15, -0.1) is 9.20 Å². The van der Waals surface area contributed by atoms with E-state index in [-0.39, 0.29) is 17.4 Å². The maximum absolute atomic E-state index is 4.78. The lowest BCUT2D eigenvalue weighted by Crippen LogP contribution is -2.46. The van der Waals surface area contributed by atoms with E-state index in [1.807, 2.05) is 29.2 Å². The van der Waals surface area contributed by atoms with Crippen LogP contribution >= 0.6 is 0 Å². The van der Waals surface area contributed by atoms with Crippen LogP contribution in [0.15, 0.2) is 37.1 Å². The Morgan fingerprint density at radius 2 is 1.86 bits per heavy atom. The molecule has 0 saturated carbocycles. The van der Waals surface area contributed by atoms with Crippen molar-refractivity contribution in [2.75, 3.05) is 0 Å². The molecule has 4 heterocycles. The maximum Gasteiger partial charge on any atom is 0.202 e. The zero-order chi connectivity index (χ0) is 20.9. The van der Waals surface area contributed by atoms with Crippen molar-refractivity contribution in [1.29, 1.82) is 0 Å². The molecule has 0 radical (unpaired) electrons. The second kappa shape index (κ2) is 6.94. The SMILES string of the molecule is CCC(C(C)c1cnn2c(C)ccnc12)[n+]1cc(C(C)(C)C)c2ncc(C)cn21. The quantitative estimate of drug-likeness (QED) is 0.487. The minimum absolute atomic E-state index is 0.0172. The molecule has 0 aliphatic rings. The zero-order valence-electron chi connectivity index (χ0n) is 18.5. The van der Waals surface area contributed by atoms with Crippen molar-refractivity contribution in [3.63, 3.8) is 0 Å². The van der Waals surface area contributed by atoms with Gasteiger partial charge in [-0.2, -0.15) is 5.10 Å². The summed E-state index contributed by atoms with van der Waals surface area (Å²) < 4.78 is 6.52. The van der Waals surface area contributed by atoms with Gasteiger partial charge < -0.3 is 0 Å². The van der Waals surface area contributed by atoms with E-state index in [9.17, 15) is 0 Å². The predicted octanol–water partition coefficient (Wildman–Crippen LogP) is 4.33. The van der Waals surface area contributed by atoms with Crippen LogP contribution in [0.3, 0.4) is 0 Å². The van der Waals surface area contributed by atoms with E-state index < -0.39 is 0 Å². The molecule has 0 fully saturated rings. The molecular weight excluding hydrogens is 360 g/mol. The van der Waals surface area contributed by atoms with Crippen molar-refractivity contribution in [2.45, 2.75) is 72.3 Å². The first-order chi connectivity index (χ1) is 13.7. The number of nitrogens with zero attached hydrogens (tertiary/aromatic N) is 6. The van der Waals surface area contributed by atoms with Crippen LogP contribution in [0.25, 0.3) is 11.3 Å². The van der Waals surface area contributed by atoms with E-state index in [2.05, 4.69) is 80.1 Å². The first-order valence-electron chi connectivity index (χ1n) is 10.4. The Morgan fingerprint density at radius 3 is 2.55 bits per heavy atom. The Kier molecular flexibility index (Phi) is 4.68. The minimum Gasteiger partial charge on any atom is -0.237 e. The van der Waals surface area contributed by atoms with E-state index in [4.69, 9.17) is 4.98 Å². The molecule has 0 saturated heterocycles. The standard InChI is InChI=1S/C23H31N6/c1-8-20(17(4)18-12-26-29-16(3)9-10-24-21(18)29)27-14-19(23(5,6)7)22-25-11-15(2)13-28(22)27/h9-14,17,20H,8H2,1-7H3/q+1. The molecule has 2 unspecified atom stereocenters. The largest absolute Gasteiger partial charge is 0.237 e. The van der Waals surface area contributed by atoms with Gasteiger partial charge in [-0.25, -0.2) is 14.5 Å². The van der Waals surface area contributed by atoms with Gasteiger partial charge >= 0.3 is 0 Å². The fourth-order valence-corrected chi connectivity index (χ4v) is 4.24. The third kappa shape index (κ3) is 3.20. The number of aromatic nitrogens is 6. The van der Waals surface area contributed by atoms with E-state index in [1.54, 1.807) is 0 Å². The molecule has 0 N–H and O–H groups in total. The van der Waals surface area contributed by atoms with Crippen LogP contribution in [0.1, 0.15) is 75.4 Å². The summed E-state index contributed by atoms with van der Waals surface area (Å²) in [5, 5.41) is 4.60. The van der Waals surface area contributed by atoms with Crippen molar-refractivity contribution in [3.8, 4) is 0 Å². The molecule has 0 aromatic carbocycles. The number of hydrogen-bond acceptors (Lipinski definition) is 3. The molecule has 4 rings (SSSR count). The van der Waals surface area contributed by atoms with Gasteiger partial charge in [0.05, 0.1) is 23.9 Å². The Bertz CT molecular complexity index is 1180. The van der Waals surface area contributed by atoms with Crippen molar-refractivity contribution >= 4 is 11.3 Å². The summed E-state index contributed by atoms with van der Waals surface area (Å²) in [4.78, 5) is 9.41. The molecule has 0 bridgehead atoms. The maximum atomic E-state index is 4.78. The second-order valence-electron chi connectivity index (χ2n) is 9.16. The summed E-state index contributed by atoms with van der Waals surface area (Å²) in [6.45, 7) is 15.4. The van der Waals surface area contributed by atoms with Gasteiger partial charge in [0.2, 0.25) is 11.8 Å². The van der Waals surface area contributed by atoms with E-state index in [0.717, 1.165) is 29.0 Å². The fourth-order valence-electron chi connectivity index (χ4n) is 4.24. The zero-order valence-corrected chi connectivity index (χ0v) is 18.5. The summed E-state index contributed by atoms with van der Waals surface area (Å²) in [6, 6.07) is 2.25. The highest BCUT2D eigenvalue weighted by atomic mass is 15.4. The van der Waals surface area contributed by atoms with Gasteiger partial charge in [-0.1, -0.05) is 34.6 Å². The van der Waals surface area contributed by atoms with Crippen LogP contribution in [0, 0.1) is 13.8 Å². The third-order valence-electron chi connectivity index (χ3n) is 5.94. The molecule has 29 heavy (non-hydrogen) atoms. The number of hydrogen-bond donors (Lipinski definition) is 0. The molecule has 0 aliphatic carbocycles. The van der Waals surface area contributed by atoms with Crippen LogP contribution in [0.5, 0.6) is 0 Å². The summed E-state index contributed by atoms with van der Waals surface area (Å²) in [7, 11) is 0. The summed E-state index contributed by atoms with van der Waals surface area (Å²) >= 11 is 0. The summed E-state index contributed by atoms with van der Waals surface area (Å²) in [5.74, 6) is 0.253. The van der Waals surface area contributed by atoms with Crippen molar-refractivity contribution in [3.05, 3.63) is 59.4 Å². The van der Waals surface area contributed by atoms with Gasteiger partial charge in [-0.05, 0) is 30.9 Å². The lowest BCUT2D eigenvalue weighted by atomic mass is 9.89. The van der Waals surface area contributed by atoms with Gasteiger partial charge in [-0.3, -0.25) is 0 Å². The summed E-state index contributed by atoms with van der Waals surface area (Å²) in [6.07, 6.45) is 11.3. The molecule has 0 amide bonds. The molecule has 0 spiro atoms. The van der Waals surface area contributed by atoms with Gasteiger partial charge in [0.25, 0.3) is 0 Å². The van der Waals surface area contributed by atoms with Crippen LogP contribution in [-0.4, -0.2) is 24.1 Å². The Labute approximate surface area is 172 Å². The minimum atomic E-state index is 0.0172. The number of rotatable bonds is 4. The van der Waals surface area contributed by atoms with E-state index in [0.29, 0.717) is 0 Å². The Morgan fingerprint density at radius 1 is 1.10 bits per heavy atom. The molecule has 2 atom stereocenters. The van der Waals surface area contributed by atoms with Gasteiger partial charge in [0.1, 0.15) is 0 Å². The van der Waals surface area contributed by atoms with Crippen LogP contribution in [0.2, 0.25) is 0 Å². The Balaban J connectivity index is 1.88. The number of fused-ring (bicyclic) bond motifs is 2. The molecule has 4 aromatic heterocycles. The second-order valence-corrected chi connectivity index (χ2v) is 9.16. The lowest BCUT2D eigenvalue weighted by molar-refractivity contribution is -0.786. The molecule has 6 nitrogen and oxygen atoms in total. The van der Waals surface area contributed by atoms with Crippen LogP contribution in [0.4, 0.5) is 0 Å². The van der Waals surface area contributed by atoms with Crippen molar-refractivity contribution in [2.24, 2.45) is 0 Å². The first-order valence-corrected chi connectivity index (χ1v) is 10.4. The van der Waals surface area contributed by atoms with E-state index >= 15 is 0 Å². The third-order valence-corrected chi connectivity index (χ3v) is 5.94. The highest BCUT2D eigenvalue weighted by molar-refractivity contribution is 5.50. The predicted molar refractivity (Wildman–Crippen MR) is 114 cm³/mol. The average Bonchev–Trinajstić information content (AvgIpc) is 3.25. The normalized spacial score (nSPS) is 14.6. The topological polar surface area (TPSA) is 51.4 Å². The molecule has 0 aliphatic heterocycles. The Hall–Kier alpha value is -2.76. The van der Waals surface area contributed by atoms with Crippen LogP contribution < -0.4 is 4.68 Å². The number of aryl methyl sites for hydroxylation is 2. The molecule has 4 aromatic rings. The highest BCUT2D eigenvalue weighted by Crippen LogP contribution is 2.32. The van der Waals surface area contributed by atoms with Crippen LogP contribution in [-0.2, 0) is 5.41 Å². The monoisotopic (exact) mass is 391 g/mol. The van der Waals surface area contributed by atoms with Gasteiger partial charge in [0, 0.05) is 30.1 Å². The van der Waals surface area contributed by atoms with Gasteiger partial charge in [0.15, 0.2) is 11.7 Å². The van der Waals surface area contributed by atoms with Crippen molar-refractivity contribution < 1.29 is 4.68 Å². The first kappa shape index (κ1) is 19.6.